The molecule has 6 heteroatoms. The average molecular weight is 381 g/mol. The van der Waals surface area contributed by atoms with E-state index in [2.05, 4.69) is 11.4 Å². The highest BCUT2D eigenvalue weighted by Gasteiger charge is 2.14. The Hall–Kier alpha value is -2.99. The Balaban J connectivity index is 1.38. The predicted octanol–water partition coefficient (Wildman–Crippen LogP) is 4.92. The maximum absolute atomic E-state index is 12.5. The maximum Gasteiger partial charge on any atom is 0.265 e. The van der Waals surface area contributed by atoms with Crippen molar-refractivity contribution < 1.29 is 19.0 Å². The van der Waals surface area contributed by atoms with Gasteiger partial charge in [0.05, 0.1) is 4.88 Å². The predicted molar refractivity (Wildman–Crippen MR) is 105 cm³/mol. The molecule has 0 saturated heterocycles. The molecule has 0 aliphatic carbocycles. The van der Waals surface area contributed by atoms with Crippen molar-refractivity contribution in [1.82, 2.24) is 0 Å². The number of anilines is 1. The van der Waals surface area contributed by atoms with Crippen molar-refractivity contribution >= 4 is 22.9 Å². The SMILES string of the molecule is Cc1cc(C)cc(NC(=O)c2cc(COc3ccc4c(c3)OCO4)cs2)c1. The van der Waals surface area contributed by atoms with Crippen molar-refractivity contribution in [2.24, 2.45) is 0 Å². The van der Waals surface area contributed by atoms with Gasteiger partial charge in [-0.2, -0.15) is 0 Å². The lowest BCUT2D eigenvalue weighted by Crippen LogP contribution is -2.10. The summed E-state index contributed by atoms with van der Waals surface area (Å²) in [5.41, 5.74) is 4.00. The molecule has 0 saturated carbocycles. The number of rotatable bonds is 5. The highest BCUT2D eigenvalue weighted by atomic mass is 32.1. The standard InChI is InChI=1S/C21H19NO4S/c1-13-5-14(2)7-16(6-13)22-21(23)20-8-15(11-27-20)10-24-17-3-4-18-19(9-17)26-12-25-18/h3-9,11H,10,12H2,1-2H3,(H,22,23). The van der Waals surface area contributed by atoms with Crippen LogP contribution in [0.25, 0.3) is 0 Å². The van der Waals surface area contributed by atoms with Gasteiger partial charge in [-0.25, -0.2) is 0 Å². The van der Waals surface area contributed by atoms with Crippen molar-refractivity contribution in [3.05, 3.63) is 69.4 Å². The van der Waals surface area contributed by atoms with Gasteiger partial charge in [0.1, 0.15) is 12.4 Å². The van der Waals surface area contributed by atoms with E-state index in [9.17, 15) is 4.79 Å². The van der Waals surface area contributed by atoms with E-state index >= 15 is 0 Å². The lowest BCUT2D eigenvalue weighted by Gasteiger charge is -2.06. The molecule has 27 heavy (non-hydrogen) atoms. The third-order valence-electron chi connectivity index (χ3n) is 4.11. The molecular formula is C21H19NO4S. The molecule has 138 valence electrons. The summed E-state index contributed by atoms with van der Waals surface area (Å²) in [6, 6.07) is 13.3. The third-order valence-corrected chi connectivity index (χ3v) is 5.08. The minimum atomic E-state index is -0.112. The number of nitrogens with one attached hydrogen (secondary N) is 1. The summed E-state index contributed by atoms with van der Waals surface area (Å²) in [7, 11) is 0. The van der Waals surface area contributed by atoms with Crippen LogP contribution in [0.4, 0.5) is 5.69 Å². The molecule has 0 atom stereocenters. The van der Waals surface area contributed by atoms with Gasteiger partial charge in [0, 0.05) is 17.3 Å². The van der Waals surface area contributed by atoms with E-state index in [0.717, 1.165) is 28.1 Å². The highest BCUT2D eigenvalue weighted by Crippen LogP contribution is 2.35. The fraction of sp³-hybridized carbons (Fsp3) is 0.190. The summed E-state index contributed by atoms with van der Waals surface area (Å²) in [6.45, 7) is 4.65. The molecule has 1 amide bonds. The largest absolute Gasteiger partial charge is 0.489 e. The molecule has 0 unspecified atom stereocenters. The van der Waals surface area contributed by atoms with Crippen LogP contribution in [0.3, 0.4) is 0 Å². The molecule has 4 rings (SSSR count). The molecule has 3 aromatic rings. The number of aryl methyl sites for hydroxylation is 2. The van der Waals surface area contributed by atoms with Crippen LogP contribution in [0, 0.1) is 13.8 Å². The van der Waals surface area contributed by atoms with Gasteiger partial charge >= 0.3 is 0 Å². The zero-order valence-electron chi connectivity index (χ0n) is 15.1. The van der Waals surface area contributed by atoms with Gasteiger partial charge in [-0.15, -0.1) is 11.3 Å². The van der Waals surface area contributed by atoms with Crippen LogP contribution in [0.2, 0.25) is 0 Å². The first-order chi connectivity index (χ1) is 13.1. The number of benzene rings is 2. The fourth-order valence-corrected chi connectivity index (χ4v) is 3.74. The zero-order chi connectivity index (χ0) is 18.8. The van der Waals surface area contributed by atoms with Gasteiger partial charge in [-0.05, 0) is 60.7 Å². The molecular weight excluding hydrogens is 362 g/mol. The molecule has 2 aromatic carbocycles. The minimum absolute atomic E-state index is 0.112. The summed E-state index contributed by atoms with van der Waals surface area (Å²) in [5.74, 6) is 2.00. The molecule has 0 fully saturated rings. The second-order valence-corrected chi connectivity index (χ2v) is 7.36. The van der Waals surface area contributed by atoms with Crippen LogP contribution in [0.1, 0.15) is 26.4 Å². The molecule has 1 N–H and O–H groups in total. The number of ether oxygens (including phenoxy) is 3. The van der Waals surface area contributed by atoms with Crippen LogP contribution >= 0.6 is 11.3 Å². The van der Waals surface area contributed by atoms with Gasteiger partial charge in [0.2, 0.25) is 6.79 Å². The van der Waals surface area contributed by atoms with E-state index in [1.54, 1.807) is 0 Å². The first kappa shape index (κ1) is 17.4. The Labute approximate surface area is 161 Å². The number of hydrogen-bond donors (Lipinski definition) is 1. The van der Waals surface area contributed by atoms with E-state index in [0.29, 0.717) is 23.0 Å². The molecule has 0 radical (unpaired) electrons. The number of hydrogen-bond acceptors (Lipinski definition) is 5. The average Bonchev–Trinajstić information content (AvgIpc) is 3.28. The van der Waals surface area contributed by atoms with Gasteiger partial charge in [-0.3, -0.25) is 4.79 Å². The second kappa shape index (κ2) is 7.32. The fourth-order valence-electron chi connectivity index (χ4n) is 2.94. The van der Waals surface area contributed by atoms with Crippen molar-refractivity contribution in [3.8, 4) is 17.2 Å². The van der Waals surface area contributed by atoms with Crippen LogP contribution in [-0.4, -0.2) is 12.7 Å². The molecule has 2 heterocycles. The van der Waals surface area contributed by atoms with Gasteiger partial charge < -0.3 is 19.5 Å². The van der Waals surface area contributed by atoms with Crippen molar-refractivity contribution in [3.63, 3.8) is 0 Å². The second-order valence-electron chi connectivity index (χ2n) is 6.45. The third kappa shape index (κ3) is 4.06. The topological polar surface area (TPSA) is 56.8 Å². The molecule has 0 bridgehead atoms. The summed E-state index contributed by atoms with van der Waals surface area (Å²) in [5, 5.41) is 4.89. The van der Waals surface area contributed by atoms with Crippen LogP contribution in [0.5, 0.6) is 17.2 Å². The quantitative estimate of drug-likeness (QED) is 0.681. The van der Waals surface area contributed by atoms with E-state index in [4.69, 9.17) is 14.2 Å². The number of carbonyl (C=O) groups excluding carboxylic acids is 1. The zero-order valence-corrected chi connectivity index (χ0v) is 15.9. The maximum atomic E-state index is 12.5. The Morgan fingerprint density at radius 2 is 1.85 bits per heavy atom. The van der Waals surface area contributed by atoms with E-state index < -0.39 is 0 Å². The minimum Gasteiger partial charge on any atom is -0.489 e. The molecule has 0 spiro atoms. The Kier molecular flexibility index (Phi) is 4.73. The lowest BCUT2D eigenvalue weighted by atomic mass is 10.1. The highest BCUT2D eigenvalue weighted by molar-refractivity contribution is 7.12. The molecule has 5 nitrogen and oxygen atoms in total. The van der Waals surface area contributed by atoms with Crippen molar-refractivity contribution in [2.45, 2.75) is 20.5 Å². The summed E-state index contributed by atoms with van der Waals surface area (Å²) in [6.07, 6.45) is 0. The summed E-state index contributed by atoms with van der Waals surface area (Å²) >= 11 is 1.40. The molecule has 1 aromatic heterocycles. The van der Waals surface area contributed by atoms with E-state index in [1.807, 2.05) is 55.6 Å². The van der Waals surface area contributed by atoms with Gasteiger partial charge in [0.25, 0.3) is 5.91 Å². The summed E-state index contributed by atoms with van der Waals surface area (Å²) in [4.78, 5) is 13.1. The Bertz CT molecular complexity index is 975. The van der Waals surface area contributed by atoms with Crippen LogP contribution in [0.15, 0.2) is 47.8 Å². The van der Waals surface area contributed by atoms with Crippen LogP contribution in [-0.2, 0) is 6.61 Å². The van der Waals surface area contributed by atoms with Crippen molar-refractivity contribution in [1.29, 1.82) is 0 Å². The monoisotopic (exact) mass is 381 g/mol. The van der Waals surface area contributed by atoms with E-state index in [-0.39, 0.29) is 12.7 Å². The number of fused-ring (bicyclic) bond motifs is 1. The van der Waals surface area contributed by atoms with Crippen molar-refractivity contribution in [2.75, 3.05) is 12.1 Å². The van der Waals surface area contributed by atoms with E-state index in [1.165, 1.54) is 11.3 Å². The molecule has 1 aliphatic rings. The first-order valence-electron chi connectivity index (χ1n) is 8.56. The number of thiophene rings is 1. The lowest BCUT2D eigenvalue weighted by molar-refractivity contribution is 0.103. The van der Waals surface area contributed by atoms with Gasteiger partial charge in [0.15, 0.2) is 11.5 Å². The first-order valence-corrected chi connectivity index (χ1v) is 9.44. The van der Waals surface area contributed by atoms with Crippen LogP contribution < -0.4 is 19.5 Å². The summed E-state index contributed by atoms with van der Waals surface area (Å²) < 4.78 is 16.4. The molecule has 1 aliphatic heterocycles. The number of carbonyl (C=O) groups is 1. The normalized spacial score (nSPS) is 12.1. The van der Waals surface area contributed by atoms with Gasteiger partial charge in [-0.1, -0.05) is 6.07 Å². The smallest absolute Gasteiger partial charge is 0.265 e. The number of amides is 1. The Morgan fingerprint density at radius 1 is 1.07 bits per heavy atom. The Morgan fingerprint density at radius 3 is 2.67 bits per heavy atom.